The molecule has 0 saturated heterocycles. The molecular weight excluding hydrogens is 452 g/mol. The monoisotopic (exact) mass is 472 g/mol. The van der Waals surface area contributed by atoms with Gasteiger partial charge in [0, 0.05) is 22.5 Å². The number of amides is 1. The van der Waals surface area contributed by atoms with Crippen molar-refractivity contribution in [1.29, 1.82) is 0 Å². The molecule has 2 N–H and O–H groups in total. The predicted octanol–water partition coefficient (Wildman–Crippen LogP) is 3.92. The third-order valence-electron chi connectivity index (χ3n) is 3.77. The first-order chi connectivity index (χ1) is 12.8. The summed E-state index contributed by atoms with van der Waals surface area (Å²) in [5, 5.41) is 12.6. The number of thioether (sulfide) groups is 1. The van der Waals surface area contributed by atoms with Gasteiger partial charge in [-0.3, -0.25) is 4.79 Å². The van der Waals surface area contributed by atoms with Gasteiger partial charge in [-0.15, -0.1) is 11.8 Å². The van der Waals surface area contributed by atoms with E-state index in [-0.39, 0.29) is 28.0 Å². The molecule has 0 saturated carbocycles. The Hall–Kier alpha value is -1.55. The number of nitrogens with zero attached hydrogens (tertiary/aromatic N) is 1. The molecule has 27 heavy (non-hydrogen) atoms. The van der Waals surface area contributed by atoms with Crippen LogP contribution in [0.15, 0.2) is 56.7 Å². The van der Waals surface area contributed by atoms with E-state index in [1.165, 1.54) is 34.3 Å². The van der Waals surface area contributed by atoms with Gasteiger partial charge in [-0.2, -0.15) is 4.31 Å². The fourth-order valence-corrected chi connectivity index (χ4v) is 4.80. The van der Waals surface area contributed by atoms with Gasteiger partial charge in [-0.05, 0) is 42.5 Å². The van der Waals surface area contributed by atoms with Gasteiger partial charge in [0.2, 0.25) is 15.9 Å². The van der Waals surface area contributed by atoms with Gasteiger partial charge in [-0.25, -0.2) is 8.42 Å². The number of benzene rings is 2. The molecule has 146 valence electrons. The normalized spacial score (nSPS) is 11.6. The lowest BCUT2D eigenvalue weighted by Gasteiger charge is -2.19. The first-order valence-electron chi connectivity index (χ1n) is 8.29. The van der Waals surface area contributed by atoms with Crippen molar-refractivity contribution in [2.24, 2.45) is 0 Å². The Morgan fingerprint density at radius 1 is 1.15 bits per heavy atom. The smallest absolute Gasteiger partial charge is 0.243 e. The lowest BCUT2D eigenvalue weighted by molar-refractivity contribution is -0.113. The molecule has 0 spiro atoms. The molecule has 0 radical (unpaired) electrons. The molecule has 9 heteroatoms. The minimum absolute atomic E-state index is 0.0277. The van der Waals surface area contributed by atoms with Crippen molar-refractivity contribution in [3.8, 4) is 5.75 Å². The summed E-state index contributed by atoms with van der Waals surface area (Å²) in [5.74, 6) is -0.389. The Labute approximate surface area is 172 Å². The molecule has 0 aliphatic rings. The number of carbonyl (C=O) groups is 1. The van der Waals surface area contributed by atoms with Crippen molar-refractivity contribution >= 4 is 49.3 Å². The van der Waals surface area contributed by atoms with Crippen molar-refractivity contribution in [2.45, 2.75) is 23.6 Å². The van der Waals surface area contributed by atoms with E-state index in [9.17, 15) is 18.3 Å². The van der Waals surface area contributed by atoms with E-state index in [1.807, 2.05) is 24.3 Å². The van der Waals surface area contributed by atoms with E-state index in [4.69, 9.17) is 0 Å². The quantitative estimate of drug-likeness (QED) is 0.449. The zero-order chi connectivity index (χ0) is 20.0. The number of halogens is 1. The van der Waals surface area contributed by atoms with Gasteiger partial charge < -0.3 is 10.4 Å². The van der Waals surface area contributed by atoms with Crippen LogP contribution in [0.1, 0.15) is 13.8 Å². The van der Waals surface area contributed by atoms with Gasteiger partial charge in [0.25, 0.3) is 0 Å². The number of carbonyl (C=O) groups excluding carboxylic acids is 1. The molecule has 2 rings (SSSR count). The van der Waals surface area contributed by atoms with Crippen molar-refractivity contribution < 1.29 is 18.3 Å². The average molecular weight is 473 g/mol. The number of hydrogen-bond donors (Lipinski definition) is 2. The molecule has 0 atom stereocenters. The SMILES string of the molecule is CCN(CC)S(=O)(=O)c1ccc(O)c(NC(=O)CSc2ccc(Br)cc2)c1. The standard InChI is InChI=1S/C18H21BrN2O4S2/c1-3-21(4-2)27(24,25)15-9-10-17(22)16(11-15)20-18(23)12-26-14-7-5-13(19)6-8-14/h5-11,22H,3-4,12H2,1-2H3,(H,20,23). The van der Waals surface area contributed by atoms with Crippen LogP contribution < -0.4 is 5.32 Å². The number of anilines is 1. The molecule has 1 amide bonds. The number of phenolic OH excluding ortho intramolecular Hbond substituents is 1. The zero-order valence-corrected chi connectivity index (χ0v) is 18.2. The van der Waals surface area contributed by atoms with E-state index in [0.29, 0.717) is 13.1 Å². The van der Waals surface area contributed by atoms with Gasteiger partial charge in [-0.1, -0.05) is 29.8 Å². The summed E-state index contributed by atoms with van der Waals surface area (Å²) in [7, 11) is -3.67. The number of rotatable bonds is 8. The van der Waals surface area contributed by atoms with Crippen LogP contribution in [0.5, 0.6) is 5.75 Å². The van der Waals surface area contributed by atoms with E-state index in [1.54, 1.807) is 13.8 Å². The van der Waals surface area contributed by atoms with Crippen LogP contribution in [0.3, 0.4) is 0 Å². The lowest BCUT2D eigenvalue weighted by atomic mass is 10.3. The number of phenols is 1. The molecule has 0 heterocycles. The molecular formula is C18H21BrN2O4S2. The second-order valence-corrected chi connectivity index (χ2v) is 9.46. The molecule has 0 unspecified atom stereocenters. The summed E-state index contributed by atoms with van der Waals surface area (Å²) in [6.07, 6.45) is 0. The Balaban J connectivity index is 2.11. The van der Waals surface area contributed by atoms with Crippen LogP contribution in [0.4, 0.5) is 5.69 Å². The Morgan fingerprint density at radius 3 is 2.37 bits per heavy atom. The first-order valence-corrected chi connectivity index (χ1v) is 11.5. The van der Waals surface area contributed by atoms with Gasteiger partial charge in [0.05, 0.1) is 16.3 Å². The molecule has 0 fully saturated rings. The third-order valence-corrected chi connectivity index (χ3v) is 7.36. The second kappa shape index (κ2) is 9.59. The third kappa shape index (κ3) is 5.71. The summed E-state index contributed by atoms with van der Waals surface area (Å²) in [5.41, 5.74) is 0.0737. The zero-order valence-electron chi connectivity index (χ0n) is 15.0. The summed E-state index contributed by atoms with van der Waals surface area (Å²) < 4.78 is 27.5. The van der Waals surface area contributed by atoms with Crippen LogP contribution in [0, 0.1) is 0 Å². The molecule has 0 aliphatic heterocycles. The van der Waals surface area contributed by atoms with Gasteiger partial charge in [0.1, 0.15) is 5.75 Å². The fourth-order valence-electron chi connectivity index (χ4n) is 2.35. The maximum absolute atomic E-state index is 12.6. The second-order valence-electron chi connectivity index (χ2n) is 5.56. The van der Waals surface area contributed by atoms with E-state index in [2.05, 4.69) is 21.2 Å². The average Bonchev–Trinajstić information content (AvgIpc) is 2.63. The largest absolute Gasteiger partial charge is 0.506 e. The van der Waals surface area contributed by atoms with Crippen molar-refractivity contribution in [3.63, 3.8) is 0 Å². The highest BCUT2D eigenvalue weighted by molar-refractivity contribution is 9.10. The molecule has 6 nitrogen and oxygen atoms in total. The van der Waals surface area contributed by atoms with Crippen molar-refractivity contribution in [2.75, 3.05) is 24.2 Å². The predicted molar refractivity (Wildman–Crippen MR) is 112 cm³/mol. The minimum Gasteiger partial charge on any atom is -0.506 e. The van der Waals surface area contributed by atoms with Crippen LogP contribution in [0.2, 0.25) is 0 Å². The Kier molecular flexibility index (Phi) is 7.72. The Morgan fingerprint density at radius 2 is 1.78 bits per heavy atom. The number of aromatic hydroxyl groups is 1. The highest BCUT2D eigenvalue weighted by Gasteiger charge is 2.23. The fraction of sp³-hybridized carbons (Fsp3) is 0.278. The van der Waals surface area contributed by atoms with Crippen molar-refractivity contribution in [3.05, 3.63) is 46.9 Å². The van der Waals surface area contributed by atoms with Crippen LogP contribution in [-0.2, 0) is 14.8 Å². The molecule has 0 bridgehead atoms. The van der Waals surface area contributed by atoms with E-state index >= 15 is 0 Å². The van der Waals surface area contributed by atoms with Crippen LogP contribution in [-0.4, -0.2) is 42.6 Å². The summed E-state index contributed by atoms with van der Waals surface area (Å²) in [4.78, 5) is 13.2. The van der Waals surface area contributed by atoms with Crippen LogP contribution in [0.25, 0.3) is 0 Å². The van der Waals surface area contributed by atoms with Crippen LogP contribution >= 0.6 is 27.7 Å². The van der Waals surface area contributed by atoms with E-state index in [0.717, 1.165) is 9.37 Å². The number of hydrogen-bond acceptors (Lipinski definition) is 5. The summed E-state index contributed by atoms with van der Waals surface area (Å²) >= 11 is 4.70. The topological polar surface area (TPSA) is 86.7 Å². The highest BCUT2D eigenvalue weighted by atomic mass is 79.9. The summed E-state index contributed by atoms with van der Waals surface area (Å²) in [6.45, 7) is 4.18. The maximum Gasteiger partial charge on any atom is 0.243 e. The van der Waals surface area contributed by atoms with Gasteiger partial charge >= 0.3 is 0 Å². The Bertz CT molecular complexity index is 898. The minimum atomic E-state index is -3.67. The maximum atomic E-state index is 12.6. The number of sulfonamides is 1. The number of nitrogens with one attached hydrogen (secondary N) is 1. The summed E-state index contributed by atoms with van der Waals surface area (Å²) in [6, 6.07) is 11.4. The first kappa shape index (κ1) is 21.7. The highest BCUT2D eigenvalue weighted by Crippen LogP contribution is 2.28. The van der Waals surface area contributed by atoms with E-state index < -0.39 is 10.0 Å². The van der Waals surface area contributed by atoms with Crippen molar-refractivity contribution in [1.82, 2.24) is 4.31 Å². The molecule has 2 aromatic rings. The molecule has 0 aromatic heterocycles. The molecule has 2 aromatic carbocycles. The lowest BCUT2D eigenvalue weighted by Crippen LogP contribution is -2.30. The van der Waals surface area contributed by atoms with Gasteiger partial charge in [0.15, 0.2) is 0 Å². The molecule has 0 aliphatic carbocycles.